The van der Waals surface area contributed by atoms with E-state index in [4.69, 9.17) is 4.74 Å². The standard InChI is InChI=1S/C10H17NO2/c1-13-9-4-5-11(6-9)7-10(12)8-2-3-8/h8-9H,2-7H2,1H3. The first-order valence-electron chi connectivity index (χ1n) is 5.07. The Kier molecular flexibility index (Phi) is 2.65. The molecule has 2 fully saturated rings. The Hall–Kier alpha value is -0.410. The van der Waals surface area contributed by atoms with Gasteiger partial charge in [0.1, 0.15) is 5.78 Å². The molecule has 0 aromatic rings. The monoisotopic (exact) mass is 183 g/mol. The number of hydrogen-bond donors (Lipinski definition) is 0. The van der Waals surface area contributed by atoms with Crippen molar-refractivity contribution in [1.82, 2.24) is 4.90 Å². The lowest BCUT2D eigenvalue weighted by atomic mass is 10.2. The van der Waals surface area contributed by atoms with Gasteiger partial charge < -0.3 is 4.74 Å². The Morgan fingerprint density at radius 2 is 2.23 bits per heavy atom. The van der Waals surface area contributed by atoms with E-state index in [1.54, 1.807) is 7.11 Å². The molecule has 1 saturated heterocycles. The second-order valence-corrected chi connectivity index (χ2v) is 4.12. The first-order chi connectivity index (χ1) is 6.29. The van der Waals surface area contributed by atoms with Crippen molar-refractivity contribution in [3.63, 3.8) is 0 Å². The van der Waals surface area contributed by atoms with E-state index in [-0.39, 0.29) is 0 Å². The topological polar surface area (TPSA) is 29.5 Å². The summed E-state index contributed by atoms with van der Waals surface area (Å²) in [6, 6.07) is 0. The number of nitrogens with zero attached hydrogens (tertiary/aromatic N) is 1. The van der Waals surface area contributed by atoms with Gasteiger partial charge in [0, 0.05) is 26.1 Å². The van der Waals surface area contributed by atoms with Gasteiger partial charge in [-0.15, -0.1) is 0 Å². The van der Waals surface area contributed by atoms with Crippen molar-refractivity contribution in [3.8, 4) is 0 Å². The maximum Gasteiger partial charge on any atom is 0.149 e. The molecule has 2 rings (SSSR count). The third kappa shape index (κ3) is 2.29. The molecule has 0 bridgehead atoms. The van der Waals surface area contributed by atoms with Gasteiger partial charge in [-0.25, -0.2) is 0 Å². The quantitative estimate of drug-likeness (QED) is 0.642. The molecule has 2 aliphatic rings. The Morgan fingerprint density at radius 1 is 1.46 bits per heavy atom. The molecule has 1 heterocycles. The van der Waals surface area contributed by atoms with E-state index in [2.05, 4.69) is 4.90 Å². The summed E-state index contributed by atoms with van der Waals surface area (Å²) >= 11 is 0. The number of likely N-dealkylation sites (tertiary alicyclic amines) is 1. The lowest BCUT2D eigenvalue weighted by Gasteiger charge is -2.13. The Balaban J connectivity index is 1.73. The second kappa shape index (κ2) is 3.76. The molecule has 0 spiro atoms. The highest BCUT2D eigenvalue weighted by Crippen LogP contribution is 2.30. The van der Waals surface area contributed by atoms with E-state index < -0.39 is 0 Å². The van der Waals surface area contributed by atoms with Crippen LogP contribution in [-0.4, -0.2) is 43.5 Å². The second-order valence-electron chi connectivity index (χ2n) is 4.12. The summed E-state index contributed by atoms with van der Waals surface area (Å²) in [6.07, 6.45) is 3.68. The highest BCUT2D eigenvalue weighted by molar-refractivity contribution is 5.85. The molecule has 0 N–H and O–H groups in total. The zero-order chi connectivity index (χ0) is 9.26. The molecule has 1 unspecified atom stereocenters. The van der Waals surface area contributed by atoms with Crippen LogP contribution in [0.2, 0.25) is 0 Å². The van der Waals surface area contributed by atoms with Crippen LogP contribution < -0.4 is 0 Å². The Labute approximate surface area is 79.0 Å². The van der Waals surface area contributed by atoms with Crippen LogP contribution in [0.4, 0.5) is 0 Å². The molecule has 3 heteroatoms. The van der Waals surface area contributed by atoms with Gasteiger partial charge in [0.15, 0.2) is 0 Å². The van der Waals surface area contributed by atoms with E-state index in [1.165, 1.54) is 0 Å². The molecule has 0 radical (unpaired) electrons. The summed E-state index contributed by atoms with van der Waals surface area (Å²) < 4.78 is 5.25. The number of hydrogen-bond acceptors (Lipinski definition) is 3. The van der Waals surface area contributed by atoms with Gasteiger partial charge in [-0.3, -0.25) is 9.69 Å². The van der Waals surface area contributed by atoms with Crippen molar-refractivity contribution in [2.45, 2.75) is 25.4 Å². The summed E-state index contributed by atoms with van der Waals surface area (Å²) in [5.41, 5.74) is 0. The SMILES string of the molecule is COC1CCN(CC(=O)C2CC2)C1. The number of rotatable bonds is 4. The third-order valence-electron chi connectivity index (χ3n) is 2.97. The number of Topliss-reactive ketones (excluding diaryl/α,β-unsaturated/α-hetero) is 1. The molecule has 3 nitrogen and oxygen atoms in total. The van der Waals surface area contributed by atoms with Gasteiger partial charge >= 0.3 is 0 Å². The minimum absolute atomic E-state index is 0.354. The van der Waals surface area contributed by atoms with Crippen molar-refractivity contribution < 1.29 is 9.53 Å². The van der Waals surface area contributed by atoms with Gasteiger partial charge in [0.05, 0.1) is 12.6 Å². The summed E-state index contributed by atoms with van der Waals surface area (Å²) in [6.45, 7) is 2.62. The molecular formula is C10H17NO2. The van der Waals surface area contributed by atoms with Crippen molar-refractivity contribution in [2.75, 3.05) is 26.7 Å². The average molecular weight is 183 g/mol. The van der Waals surface area contributed by atoms with Crippen LogP contribution in [0.25, 0.3) is 0 Å². The van der Waals surface area contributed by atoms with Gasteiger partial charge in [-0.05, 0) is 19.3 Å². The molecule has 0 amide bonds. The van der Waals surface area contributed by atoms with Crippen LogP contribution in [0.5, 0.6) is 0 Å². The first-order valence-corrected chi connectivity index (χ1v) is 5.07. The van der Waals surface area contributed by atoms with Gasteiger partial charge in [-0.1, -0.05) is 0 Å². The fourth-order valence-corrected chi connectivity index (χ4v) is 1.89. The zero-order valence-electron chi connectivity index (χ0n) is 8.16. The number of ether oxygens (including phenoxy) is 1. The van der Waals surface area contributed by atoms with Gasteiger partial charge in [0.2, 0.25) is 0 Å². The van der Waals surface area contributed by atoms with Crippen LogP contribution in [0.3, 0.4) is 0 Å². The number of carbonyl (C=O) groups is 1. The summed E-state index contributed by atoms with van der Waals surface area (Å²) in [5, 5.41) is 0. The summed E-state index contributed by atoms with van der Waals surface area (Å²) in [5.74, 6) is 0.846. The fourth-order valence-electron chi connectivity index (χ4n) is 1.89. The molecular weight excluding hydrogens is 166 g/mol. The van der Waals surface area contributed by atoms with E-state index in [1.807, 2.05) is 0 Å². The first kappa shape index (κ1) is 9.16. The average Bonchev–Trinajstić information content (AvgIpc) is 2.88. The predicted molar refractivity (Wildman–Crippen MR) is 49.6 cm³/mol. The lowest BCUT2D eigenvalue weighted by molar-refractivity contribution is -0.121. The highest BCUT2D eigenvalue weighted by atomic mass is 16.5. The lowest BCUT2D eigenvalue weighted by Crippen LogP contribution is -2.29. The van der Waals surface area contributed by atoms with E-state index >= 15 is 0 Å². The fraction of sp³-hybridized carbons (Fsp3) is 0.900. The van der Waals surface area contributed by atoms with Crippen LogP contribution in [0.15, 0.2) is 0 Å². The molecule has 0 aromatic heterocycles. The summed E-state index contributed by atoms with van der Waals surface area (Å²) in [7, 11) is 1.75. The van der Waals surface area contributed by atoms with Crippen LogP contribution in [0.1, 0.15) is 19.3 Å². The Bertz CT molecular complexity index is 201. The van der Waals surface area contributed by atoms with E-state index in [9.17, 15) is 4.79 Å². The number of ketones is 1. The minimum atomic E-state index is 0.354. The predicted octanol–water partition coefficient (Wildman–Crippen LogP) is 0.686. The molecule has 1 saturated carbocycles. The maximum absolute atomic E-state index is 11.5. The Morgan fingerprint density at radius 3 is 2.77 bits per heavy atom. The zero-order valence-corrected chi connectivity index (χ0v) is 8.16. The molecule has 1 atom stereocenters. The largest absolute Gasteiger partial charge is 0.380 e. The van der Waals surface area contributed by atoms with Gasteiger partial charge in [0.25, 0.3) is 0 Å². The van der Waals surface area contributed by atoms with Crippen LogP contribution in [-0.2, 0) is 9.53 Å². The normalized spacial score (nSPS) is 29.5. The highest BCUT2D eigenvalue weighted by Gasteiger charge is 2.32. The van der Waals surface area contributed by atoms with E-state index in [0.29, 0.717) is 24.3 Å². The maximum atomic E-state index is 11.5. The smallest absolute Gasteiger partial charge is 0.149 e. The third-order valence-corrected chi connectivity index (χ3v) is 2.97. The van der Waals surface area contributed by atoms with Crippen molar-refractivity contribution in [2.24, 2.45) is 5.92 Å². The van der Waals surface area contributed by atoms with Crippen LogP contribution >= 0.6 is 0 Å². The molecule has 13 heavy (non-hydrogen) atoms. The molecule has 74 valence electrons. The van der Waals surface area contributed by atoms with E-state index in [0.717, 1.165) is 32.4 Å². The molecule has 0 aromatic carbocycles. The van der Waals surface area contributed by atoms with Crippen LogP contribution in [0, 0.1) is 5.92 Å². The van der Waals surface area contributed by atoms with Crippen molar-refractivity contribution in [3.05, 3.63) is 0 Å². The summed E-state index contributed by atoms with van der Waals surface area (Å²) in [4.78, 5) is 13.7. The van der Waals surface area contributed by atoms with Crippen molar-refractivity contribution in [1.29, 1.82) is 0 Å². The molecule has 1 aliphatic heterocycles. The van der Waals surface area contributed by atoms with Gasteiger partial charge in [-0.2, -0.15) is 0 Å². The number of carbonyl (C=O) groups excluding carboxylic acids is 1. The minimum Gasteiger partial charge on any atom is -0.380 e. The van der Waals surface area contributed by atoms with Crippen molar-refractivity contribution >= 4 is 5.78 Å². The number of methoxy groups -OCH3 is 1. The molecule has 1 aliphatic carbocycles.